The third kappa shape index (κ3) is 7.35. The SMILES string of the molecule is C/C=C\C(=C/C)P(=O)(COCC)C(=O)c1c(C)cc(CSc2n[nH]c(=S)s2)cc1C.CC. The van der Waals surface area contributed by atoms with Crippen molar-refractivity contribution in [3.8, 4) is 0 Å². The molecule has 0 fully saturated rings. The summed E-state index contributed by atoms with van der Waals surface area (Å²) in [6.07, 6.45) is 5.19. The summed E-state index contributed by atoms with van der Waals surface area (Å²) in [5.41, 5.74) is 2.88. The van der Waals surface area contributed by atoms with Crippen LogP contribution in [0.3, 0.4) is 0 Å². The minimum Gasteiger partial charge on any atom is -0.373 e. The van der Waals surface area contributed by atoms with E-state index >= 15 is 0 Å². The first-order chi connectivity index (χ1) is 15.3. The first-order valence-electron chi connectivity index (χ1n) is 10.6. The Kier molecular flexibility index (Phi) is 12.6. The third-order valence-corrected chi connectivity index (χ3v) is 9.41. The Morgan fingerprint density at radius 2 is 1.91 bits per heavy atom. The monoisotopic (exact) mass is 512 g/mol. The fourth-order valence-electron chi connectivity index (χ4n) is 3.14. The summed E-state index contributed by atoms with van der Waals surface area (Å²) in [6.45, 7) is 13.7. The molecule has 0 amide bonds. The number of hydrogen-bond acceptors (Lipinski definition) is 7. The van der Waals surface area contributed by atoms with E-state index in [1.165, 1.54) is 11.3 Å². The summed E-state index contributed by atoms with van der Waals surface area (Å²) >= 11 is 8.10. The van der Waals surface area contributed by atoms with Gasteiger partial charge in [0.05, 0.1) is 0 Å². The van der Waals surface area contributed by atoms with Crippen LogP contribution in [0.15, 0.2) is 40.0 Å². The van der Waals surface area contributed by atoms with Gasteiger partial charge in [-0.25, -0.2) is 0 Å². The Hall–Kier alpha value is -1.31. The van der Waals surface area contributed by atoms with Crippen molar-refractivity contribution in [1.29, 1.82) is 0 Å². The number of benzene rings is 1. The van der Waals surface area contributed by atoms with E-state index in [-0.39, 0.29) is 11.9 Å². The molecule has 1 aromatic carbocycles. The average Bonchev–Trinajstić information content (AvgIpc) is 3.20. The van der Waals surface area contributed by atoms with Crippen LogP contribution in [0.4, 0.5) is 0 Å². The highest BCUT2D eigenvalue weighted by Gasteiger charge is 2.37. The van der Waals surface area contributed by atoms with Gasteiger partial charge in [0.15, 0.2) is 8.29 Å². The van der Waals surface area contributed by atoms with Crippen LogP contribution in [0, 0.1) is 17.8 Å². The molecule has 1 aromatic heterocycles. The molecular formula is C23H33N2O3PS3. The van der Waals surface area contributed by atoms with E-state index in [1.807, 2.05) is 53.7 Å². The van der Waals surface area contributed by atoms with Gasteiger partial charge in [0.2, 0.25) is 12.7 Å². The fourth-order valence-corrected chi connectivity index (χ4v) is 7.62. The second kappa shape index (κ2) is 14.1. The lowest BCUT2D eigenvalue weighted by Gasteiger charge is -2.21. The maximum atomic E-state index is 13.9. The number of ether oxygens (including phenoxy) is 1. The molecule has 0 aliphatic carbocycles. The summed E-state index contributed by atoms with van der Waals surface area (Å²) in [5.74, 6) is 0.710. The van der Waals surface area contributed by atoms with Crippen LogP contribution in [0.5, 0.6) is 0 Å². The molecule has 0 saturated heterocycles. The molecule has 32 heavy (non-hydrogen) atoms. The molecule has 176 valence electrons. The zero-order chi connectivity index (χ0) is 24.3. The molecule has 1 unspecified atom stereocenters. The minimum absolute atomic E-state index is 0.0905. The maximum absolute atomic E-state index is 13.9. The van der Waals surface area contributed by atoms with Crippen molar-refractivity contribution < 1.29 is 14.1 Å². The van der Waals surface area contributed by atoms with Crippen LogP contribution >= 0.6 is 42.5 Å². The van der Waals surface area contributed by atoms with Gasteiger partial charge in [-0.05, 0) is 63.5 Å². The summed E-state index contributed by atoms with van der Waals surface area (Å²) in [7, 11) is -3.42. The molecule has 5 nitrogen and oxygen atoms in total. The molecule has 0 aliphatic rings. The highest BCUT2D eigenvalue weighted by molar-refractivity contribution is 8.00. The molecule has 0 bridgehead atoms. The number of carbonyl (C=O) groups excluding carboxylic acids is 1. The lowest BCUT2D eigenvalue weighted by Crippen LogP contribution is -2.12. The molecular weight excluding hydrogens is 479 g/mol. The van der Waals surface area contributed by atoms with E-state index < -0.39 is 7.14 Å². The number of rotatable bonds is 10. The second-order valence-electron chi connectivity index (χ2n) is 6.65. The van der Waals surface area contributed by atoms with Crippen molar-refractivity contribution in [2.24, 2.45) is 0 Å². The number of nitrogens with zero attached hydrogens (tertiary/aromatic N) is 1. The van der Waals surface area contributed by atoms with Gasteiger partial charge in [-0.15, -0.1) is 0 Å². The average molecular weight is 513 g/mol. The van der Waals surface area contributed by atoms with E-state index in [2.05, 4.69) is 10.2 Å². The van der Waals surface area contributed by atoms with Gasteiger partial charge in [-0.3, -0.25) is 9.89 Å². The Labute approximate surface area is 205 Å². The van der Waals surface area contributed by atoms with Crippen LogP contribution in [-0.4, -0.2) is 28.7 Å². The van der Waals surface area contributed by atoms with Crippen molar-refractivity contribution in [3.05, 3.63) is 61.9 Å². The van der Waals surface area contributed by atoms with Crippen LogP contribution in [0.1, 0.15) is 61.7 Å². The summed E-state index contributed by atoms with van der Waals surface area (Å²) in [5, 5.41) is 7.47. The molecule has 1 N–H and O–H groups in total. The first kappa shape index (κ1) is 28.7. The molecule has 2 rings (SSSR count). The number of nitrogens with one attached hydrogen (secondary N) is 1. The first-order valence-corrected chi connectivity index (χ1v) is 14.7. The molecule has 0 spiro atoms. The van der Waals surface area contributed by atoms with E-state index in [0.29, 0.717) is 27.2 Å². The van der Waals surface area contributed by atoms with Gasteiger partial charge in [0.25, 0.3) is 0 Å². The molecule has 0 saturated carbocycles. The lowest BCUT2D eigenvalue weighted by molar-refractivity contribution is 0.106. The Bertz CT molecular complexity index is 1050. The Morgan fingerprint density at radius 3 is 2.38 bits per heavy atom. The number of aromatic nitrogens is 2. The summed E-state index contributed by atoms with van der Waals surface area (Å²) in [4.78, 5) is 13.5. The number of aryl methyl sites for hydroxylation is 2. The maximum Gasteiger partial charge on any atom is 0.228 e. The number of allylic oxidation sites excluding steroid dienone is 4. The lowest BCUT2D eigenvalue weighted by atomic mass is 10.0. The standard InChI is InChI=1S/C21H27N2O3PS3.C2H6/c1-6-9-17(7-2)27(25,13-26-8-3)19(24)18-14(4)10-16(11-15(18)5)12-29-21-23-22-20(28)30-21;1-2/h6-7,9-11H,8,12-13H2,1-5H3,(H,22,28);1-2H3/b9-6-,17-7+;. The second-order valence-corrected chi connectivity index (χ2v) is 12.2. The minimum atomic E-state index is -3.42. The van der Waals surface area contributed by atoms with Gasteiger partial charge in [0, 0.05) is 23.2 Å². The molecule has 1 atom stereocenters. The van der Waals surface area contributed by atoms with Gasteiger partial charge < -0.3 is 9.30 Å². The number of hydrogen-bond donors (Lipinski definition) is 1. The van der Waals surface area contributed by atoms with E-state index in [1.54, 1.807) is 36.9 Å². The van der Waals surface area contributed by atoms with Crippen molar-refractivity contribution in [2.45, 2.75) is 58.6 Å². The number of aromatic amines is 1. The van der Waals surface area contributed by atoms with Gasteiger partial charge in [-0.2, -0.15) is 5.10 Å². The van der Waals surface area contributed by atoms with Crippen LogP contribution in [-0.2, 0) is 15.1 Å². The topological polar surface area (TPSA) is 72.1 Å². The zero-order valence-corrected chi connectivity index (χ0v) is 23.2. The number of carbonyl (C=O) groups is 1. The molecule has 9 heteroatoms. The molecule has 0 radical (unpaired) electrons. The Morgan fingerprint density at radius 1 is 1.28 bits per heavy atom. The summed E-state index contributed by atoms with van der Waals surface area (Å²) < 4.78 is 20.9. The molecule has 0 aliphatic heterocycles. The predicted octanol–water partition coefficient (Wildman–Crippen LogP) is 8.11. The number of thioether (sulfide) groups is 1. The molecule has 1 heterocycles. The van der Waals surface area contributed by atoms with E-state index in [0.717, 1.165) is 21.0 Å². The van der Waals surface area contributed by atoms with E-state index in [9.17, 15) is 9.36 Å². The van der Waals surface area contributed by atoms with Crippen molar-refractivity contribution >= 4 is 48.0 Å². The van der Waals surface area contributed by atoms with Crippen LogP contribution < -0.4 is 0 Å². The van der Waals surface area contributed by atoms with Gasteiger partial charge in [0.1, 0.15) is 6.35 Å². The van der Waals surface area contributed by atoms with E-state index in [4.69, 9.17) is 17.0 Å². The Balaban J connectivity index is 0.00000249. The smallest absolute Gasteiger partial charge is 0.228 e. The normalized spacial score (nSPS) is 13.5. The number of H-pyrrole nitrogens is 1. The van der Waals surface area contributed by atoms with Crippen molar-refractivity contribution in [3.63, 3.8) is 0 Å². The zero-order valence-electron chi connectivity index (χ0n) is 19.9. The van der Waals surface area contributed by atoms with Gasteiger partial charge >= 0.3 is 0 Å². The quantitative estimate of drug-likeness (QED) is 0.150. The van der Waals surface area contributed by atoms with Crippen molar-refractivity contribution in [1.82, 2.24) is 10.2 Å². The van der Waals surface area contributed by atoms with Crippen LogP contribution in [0.2, 0.25) is 0 Å². The highest BCUT2D eigenvalue weighted by Crippen LogP contribution is 2.57. The molecule has 2 aromatic rings. The van der Waals surface area contributed by atoms with Crippen LogP contribution in [0.25, 0.3) is 0 Å². The largest absolute Gasteiger partial charge is 0.373 e. The van der Waals surface area contributed by atoms with Gasteiger partial charge in [-0.1, -0.05) is 67.3 Å². The highest BCUT2D eigenvalue weighted by atomic mass is 32.2. The predicted molar refractivity (Wildman–Crippen MR) is 141 cm³/mol. The third-order valence-electron chi connectivity index (χ3n) is 4.44. The van der Waals surface area contributed by atoms with Crippen molar-refractivity contribution in [2.75, 3.05) is 13.0 Å². The summed E-state index contributed by atoms with van der Waals surface area (Å²) in [6, 6.07) is 3.96. The fraction of sp³-hybridized carbons (Fsp3) is 0.435.